The Balaban J connectivity index is 1.52. The van der Waals surface area contributed by atoms with E-state index in [-0.39, 0.29) is 5.56 Å². The van der Waals surface area contributed by atoms with Crippen LogP contribution >= 0.6 is 0 Å². The van der Waals surface area contributed by atoms with Gasteiger partial charge < -0.3 is 9.88 Å². The molecule has 0 aliphatic rings. The van der Waals surface area contributed by atoms with Crippen molar-refractivity contribution < 1.29 is 9.59 Å². The zero-order valence-electron chi connectivity index (χ0n) is 13.9. The largest absolute Gasteiger partial charge is 0.349 e. The molecule has 0 fully saturated rings. The number of carbonyl (C=O) groups excluding carboxylic acids is 2. The maximum atomic E-state index is 12.2. The highest BCUT2D eigenvalue weighted by Crippen LogP contribution is 2.08. The highest BCUT2D eigenvalue weighted by Gasteiger charge is 2.17. The van der Waals surface area contributed by atoms with Gasteiger partial charge in [0.1, 0.15) is 5.82 Å². The Morgan fingerprint density at radius 1 is 1.20 bits per heavy atom. The second kappa shape index (κ2) is 7.57. The lowest BCUT2D eigenvalue weighted by Gasteiger charge is -2.06. The first-order valence-corrected chi connectivity index (χ1v) is 8.05. The minimum absolute atomic E-state index is 0.270. The van der Waals surface area contributed by atoms with Crippen LogP contribution in [0.15, 0.2) is 55.1 Å². The van der Waals surface area contributed by atoms with Crippen LogP contribution in [0.2, 0.25) is 0 Å². The molecule has 2 heterocycles. The third-order valence-electron chi connectivity index (χ3n) is 3.86. The summed E-state index contributed by atoms with van der Waals surface area (Å²) in [6, 6.07) is 9.41. The molecular weight excluding hydrogens is 318 g/mol. The molecule has 25 heavy (non-hydrogen) atoms. The molecule has 3 aromatic rings. The van der Waals surface area contributed by atoms with Gasteiger partial charge in [0, 0.05) is 31.7 Å². The fraction of sp³-hybridized carbons (Fsp3) is 0.222. The minimum atomic E-state index is -0.616. The lowest BCUT2D eigenvalue weighted by Crippen LogP contribution is -2.32. The van der Waals surface area contributed by atoms with Gasteiger partial charge in [-0.3, -0.25) is 9.59 Å². The number of aryl methyl sites for hydroxylation is 2. The summed E-state index contributed by atoms with van der Waals surface area (Å²) in [5.74, 6) is -0.272. The number of nitrogens with one attached hydrogen (secondary N) is 1. The zero-order chi connectivity index (χ0) is 17.6. The fourth-order valence-corrected chi connectivity index (χ4v) is 2.46. The van der Waals surface area contributed by atoms with Crippen molar-refractivity contribution in [1.29, 1.82) is 0 Å². The molecular formula is C18H19N5O2. The molecule has 7 nitrogen and oxygen atoms in total. The number of hydrogen-bond acceptors (Lipinski definition) is 4. The van der Waals surface area contributed by atoms with E-state index >= 15 is 0 Å². The first-order valence-electron chi connectivity index (χ1n) is 8.05. The molecule has 0 saturated carbocycles. The van der Waals surface area contributed by atoms with Gasteiger partial charge in [0.15, 0.2) is 0 Å². The molecule has 0 unspecified atom stereocenters. The fourth-order valence-electron chi connectivity index (χ4n) is 2.46. The SMILES string of the molecule is Cc1nccn1CCCNC(=O)C(=O)c1cnn(-c2ccccc2)c1. The van der Waals surface area contributed by atoms with E-state index in [0.29, 0.717) is 6.54 Å². The molecule has 1 amide bonds. The minimum Gasteiger partial charge on any atom is -0.349 e. The molecule has 7 heteroatoms. The Labute approximate surface area is 145 Å². The number of hydrogen-bond donors (Lipinski definition) is 1. The normalized spacial score (nSPS) is 10.6. The molecule has 1 aromatic carbocycles. The van der Waals surface area contributed by atoms with E-state index in [2.05, 4.69) is 15.4 Å². The second-order valence-electron chi connectivity index (χ2n) is 5.62. The zero-order valence-corrected chi connectivity index (χ0v) is 13.9. The average Bonchev–Trinajstić information content (AvgIpc) is 3.28. The van der Waals surface area contributed by atoms with Crippen LogP contribution in [-0.2, 0) is 11.3 Å². The molecule has 3 rings (SSSR count). The Bertz CT molecular complexity index is 866. The quantitative estimate of drug-likeness (QED) is 0.405. The number of imidazole rings is 1. The van der Waals surface area contributed by atoms with Crippen LogP contribution in [0.25, 0.3) is 5.69 Å². The maximum absolute atomic E-state index is 12.2. The van der Waals surface area contributed by atoms with E-state index in [1.54, 1.807) is 17.1 Å². The number of para-hydroxylation sites is 1. The van der Waals surface area contributed by atoms with Crippen molar-refractivity contribution in [3.8, 4) is 5.69 Å². The van der Waals surface area contributed by atoms with Crippen LogP contribution in [0.3, 0.4) is 0 Å². The van der Waals surface area contributed by atoms with Gasteiger partial charge in [-0.25, -0.2) is 9.67 Å². The van der Waals surface area contributed by atoms with Crippen molar-refractivity contribution in [2.45, 2.75) is 19.9 Å². The first kappa shape index (κ1) is 16.6. The summed E-state index contributed by atoms with van der Waals surface area (Å²) in [6.45, 7) is 3.09. The summed E-state index contributed by atoms with van der Waals surface area (Å²) in [7, 11) is 0. The number of carbonyl (C=O) groups is 2. The van der Waals surface area contributed by atoms with Crippen molar-refractivity contribution in [2.24, 2.45) is 0 Å². The monoisotopic (exact) mass is 337 g/mol. The molecule has 0 aliphatic heterocycles. The standard InChI is InChI=1S/C18H19N5O2/c1-14-19-9-11-22(14)10-5-8-20-18(25)17(24)15-12-21-23(13-15)16-6-3-2-4-7-16/h2-4,6-7,9,11-13H,5,8,10H2,1H3,(H,20,25). The van der Waals surface area contributed by atoms with E-state index in [0.717, 1.165) is 24.5 Å². The van der Waals surface area contributed by atoms with Gasteiger partial charge >= 0.3 is 0 Å². The van der Waals surface area contributed by atoms with Gasteiger partial charge in [-0.2, -0.15) is 5.10 Å². The Hall–Kier alpha value is -3.22. The molecule has 1 N–H and O–H groups in total. The molecule has 0 bridgehead atoms. The summed E-state index contributed by atoms with van der Waals surface area (Å²) in [4.78, 5) is 28.3. The lowest BCUT2D eigenvalue weighted by atomic mass is 10.2. The predicted octanol–water partition coefficient (Wildman–Crippen LogP) is 1.77. The molecule has 0 spiro atoms. The number of rotatable bonds is 7. The number of benzene rings is 1. The highest BCUT2D eigenvalue weighted by molar-refractivity contribution is 6.42. The summed E-state index contributed by atoms with van der Waals surface area (Å²) >= 11 is 0. The van der Waals surface area contributed by atoms with E-state index in [4.69, 9.17) is 0 Å². The topological polar surface area (TPSA) is 81.8 Å². The molecule has 0 aliphatic carbocycles. The smallest absolute Gasteiger partial charge is 0.292 e. The highest BCUT2D eigenvalue weighted by atomic mass is 16.2. The molecule has 0 radical (unpaired) electrons. The van der Waals surface area contributed by atoms with E-state index < -0.39 is 11.7 Å². The van der Waals surface area contributed by atoms with E-state index in [1.165, 1.54) is 6.20 Å². The average molecular weight is 337 g/mol. The number of aromatic nitrogens is 4. The van der Waals surface area contributed by atoms with Crippen molar-refractivity contribution >= 4 is 11.7 Å². The number of ketones is 1. The van der Waals surface area contributed by atoms with Crippen LogP contribution in [0.5, 0.6) is 0 Å². The number of amides is 1. The molecule has 128 valence electrons. The van der Waals surface area contributed by atoms with Crippen LogP contribution in [0.4, 0.5) is 0 Å². The van der Waals surface area contributed by atoms with E-state index in [1.807, 2.05) is 48.0 Å². The van der Waals surface area contributed by atoms with Gasteiger partial charge in [-0.1, -0.05) is 18.2 Å². The van der Waals surface area contributed by atoms with Crippen LogP contribution in [-0.4, -0.2) is 37.6 Å². The van der Waals surface area contributed by atoms with Crippen LogP contribution in [0.1, 0.15) is 22.6 Å². The van der Waals surface area contributed by atoms with E-state index in [9.17, 15) is 9.59 Å². The lowest BCUT2D eigenvalue weighted by molar-refractivity contribution is -0.117. The van der Waals surface area contributed by atoms with Crippen molar-refractivity contribution in [3.05, 3.63) is 66.5 Å². The van der Waals surface area contributed by atoms with Gasteiger partial charge in [-0.15, -0.1) is 0 Å². The summed E-state index contributed by atoms with van der Waals surface area (Å²) in [6.07, 6.45) is 7.32. The Morgan fingerprint density at radius 2 is 2.00 bits per heavy atom. The molecule has 2 aromatic heterocycles. The van der Waals surface area contributed by atoms with Crippen molar-refractivity contribution in [2.75, 3.05) is 6.54 Å². The van der Waals surface area contributed by atoms with Gasteiger partial charge in [0.25, 0.3) is 11.7 Å². The molecule has 0 atom stereocenters. The maximum Gasteiger partial charge on any atom is 0.292 e. The van der Waals surface area contributed by atoms with Crippen LogP contribution in [0, 0.1) is 6.92 Å². The van der Waals surface area contributed by atoms with Crippen molar-refractivity contribution in [1.82, 2.24) is 24.6 Å². The first-order chi connectivity index (χ1) is 12.1. The molecule has 0 saturated heterocycles. The summed E-state index contributed by atoms with van der Waals surface area (Å²) < 4.78 is 3.57. The van der Waals surface area contributed by atoms with Gasteiger partial charge in [-0.05, 0) is 25.5 Å². The van der Waals surface area contributed by atoms with Crippen LogP contribution < -0.4 is 5.32 Å². The Morgan fingerprint density at radius 3 is 2.72 bits per heavy atom. The van der Waals surface area contributed by atoms with Crippen molar-refractivity contribution in [3.63, 3.8) is 0 Å². The predicted molar refractivity (Wildman–Crippen MR) is 92.5 cm³/mol. The summed E-state index contributed by atoms with van der Waals surface area (Å²) in [5.41, 5.74) is 1.10. The van der Waals surface area contributed by atoms with Gasteiger partial charge in [0.05, 0.1) is 17.4 Å². The second-order valence-corrected chi connectivity index (χ2v) is 5.62. The number of nitrogens with zero attached hydrogens (tertiary/aromatic N) is 4. The third-order valence-corrected chi connectivity index (χ3v) is 3.86. The third kappa shape index (κ3) is 4.00. The number of Topliss-reactive ketones (excluding diaryl/α,β-unsaturated/α-hetero) is 1. The Kier molecular flexibility index (Phi) is 5.03. The summed E-state index contributed by atoms with van der Waals surface area (Å²) in [5, 5.41) is 6.79. The van der Waals surface area contributed by atoms with Gasteiger partial charge in [0.2, 0.25) is 0 Å².